The first kappa shape index (κ1) is 21.1. The van der Waals surface area contributed by atoms with E-state index >= 15 is 0 Å². The second-order valence-electron chi connectivity index (χ2n) is 7.61. The van der Waals surface area contributed by atoms with Crippen LogP contribution in [0.15, 0.2) is 104 Å². The summed E-state index contributed by atoms with van der Waals surface area (Å²) in [6.45, 7) is 1.80. The number of carbonyl (C=O) groups excluding carboxylic acids is 1. The molecule has 2 aromatic heterocycles. The number of nitrogens with one attached hydrogen (secondary N) is 1. The molecule has 0 saturated carbocycles. The van der Waals surface area contributed by atoms with E-state index < -0.39 is 0 Å². The largest absolute Gasteiger partial charge is 0.439 e. The highest BCUT2D eigenvalue weighted by atomic mass is 16.5. The lowest BCUT2D eigenvalue weighted by Crippen LogP contribution is -2.11. The van der Waals surface area contributed by atoms with Crippen LogP contribution in [-0.4, -0.2) is 25.4 Å². The molecule has 34 heavy (non-hydrogen) atoms. The van der Waals surface area contributed by atoms with E-state index in [9.17, 15) is 4.79 Å². The molecular formula is C27H21N5O2. The third kappa shape index (κ3) is 4.83. The normalized spacial score (nSPS) is 10.6. The van der Waals surface area contributed by atoms with E-state index in [1.165, 1.54) is 0 Å². The van der Waals surface area contributed by atoms with Crippen molar-refractivity contribution in [1.82, 2.24) is 19.5 Å². The second-order valence-corrected chi connectivity index (χ2v) is 7.61. The summed E-state index contributed by atoms with van der Waals surface area (Å²) in [5, 5.41) is 2.91. The van der Waals surface area contributed by atoms with Crippen LogP contribution in [0.5, 0.6) is 11.6 Å². The molecule has 1 N–H and O–H groups in total. The molecule has 0 saturated heterocycles. The van der Waals surface area contributed by atoms with Crippen molar-refractivity contribution in [2.75, 3.05) is 5.32 Å². The zero-order valence-corrected chi connectivity index (χ0v) is 18.4. The minimum Gasteiger partial charge on any atom is -0.439 e. The Morgan fingerprint density at radius 1 is 0.882 bits per heavy atom. The smallest absolute Gasteiger partial charge is 0.255 e. The van der Waals surface area contributed by atoms with Crippen molar-refractivity contribution < 1.29 is 9.53 Å². The summed E-state index contributed by atoms with van der Waals surface area (Å²) in [5.41, 5.74) is 3.43. The quantitative estimate of drug-likeness (QED) is 0.362. The number of imidazole rings is 1. The van der Waals surface area contributed by atoms with E-state index in [-0.39, 0.29) is 5.91 Å². The third-order valence-corrected chi connectivity index (χ3v) is 5.16. The average molecular weight is 447 g/mol. The number of rotatable bonds is 6. The maximum atomic E-state index is 12.7. The number of amides is 1. The molecule has 0 aliphatic carbocycles. The fraction of sp³-hybridized carbons (Fsp3) is 0.0370. The number of hydrogen-bond acceptors (Lipinski definition) is 5. The van der Waals surface area contributed by atoms with Crippen LogP contribution in [-0.2, 0) is 0 Å². The van der Waals surface area contributed by atoms with Gasteiger partial charge in [-0.05, 0) is 54.4 Å². The molecule has 5 aromatic rings. The molecule has 0 bridgehead atoms. The number of ether oxygens (including phenoxy) is 1. The first-order valence-corrected chi connectivity index (χ1v) is 10.7. The summed E-state index contributed by atoms with van der Waals surface area (Å²) < 4.78 is 7.68. The Bertz CT molecular complexity index is 1400. The molecule has 0 radical (unpaired) electrons. The van der Waals surface area contributed by atoms with Gasteiger partial charge in [-0.2, -0.15) is 4.98 Å². The number of aromatic nitrogens is 4. The maximum absolute atomic E-state index is 12.7. The maximum Gasteiger partial charge on any atom is 0.255 e. The van der Waals surface area contributed by atoms with Gasteiger partial charge in [0.15, 0.2) is 0 Å². The van der Waals surface area contributed by atoms with Gasteiger partial charge in [-0.1, -0.05) is 42.5 Å². The van der Waals surface area contributed by atoms with Crippen molar-refractivity contribution in [1.29, 1.82) is 0 Å². The third-order valence-electron chi connectivity index (χ3n) is 5.16. The summed E-state index contributed by atoms with van der Waals surface area (Å²) in [5.74, 6) is 2.10. The van der Waals surface area contributed by atoms with Crippen LogP contribution in [0.25, 0.3) is 16.9 Å². The number of hydrogen-bond donors (Lipinski definition) is 1. The van der Waals surface area contributed by atoms with Crippen LogP contribution in [0.2, 0.25) is 0 Å². The molecule has 3 aromatic carbocycles. The Balaban J connectivity index is 1.25. The van der Waals surface area contributed by atoms with Crippen molar-refractivity contribution >= 4 is 11.6 Å². The van der Waals surface area contributed by atoms with Gasteiger partial charge in [0.1, 0.15) is 23.7 Å². The van der Waals surface area contributed by atoms with Crippen LogP contribution in [0, 0.1) is 6.92 Å². The number of carbonyl (C=O) groups is 1. The molecule has 2 heterocycles. The van der Waals surface area contributed by atoms with Gasteiger partial charge in [-0.3, -0.25) is 9.36 Å². The van der Waals surface area contributed by atoms with Gasteiger partial charge in [0, 0.05) is 29.7 Å². The van der Waals surface area contributed by atoms with Crippen LogP contribution >= 0.6 is 0 Å². The molecule has 1 amide bonds. The van der Waals surface area contributed by atoms with Gasteiger partial charge in [0.05, 0.1) is 0 Å². The summed E-state index contributed by atoms with van der Waals surface area (Å²) >= 11 is 0. The molecule has 166 valence electrons. The second kappa shape index (κ2) is 9.38. The Kier molecular flexibility index (Phi) is 5.82. The molecule has 0 atom stereocenters. The average Bonchev–Trinajstić information content (AvgIpc) is 3.41. The number of nitrogens with zero attached hydrogens (tertiary/aromatic N) is 4. The van der Waals surface area contributed by atoms with Gasteiger partial charge in [0.25, 0.3) is 5.91 Å². The van der Waals surface area contributed by atoms with Crippen LogP contribution < -0.4 is 10.1 Å². The fourth-order valence-electron chi connectivity index (χ4n) is 3.48. The first-order chi connectivity index (χ1) is 16.6. The zero-order valence-electron chi connectivity index (χ0n) is 18.4. The van der Waals surface area contributed by atoms with Gasteiger partial charge in [-0.25, -0.2) is 9.97 Å². The van der Waals surface area contributed by atoms with E-state index in [0.717, 1.165) is 11.1 Å². The Morgan fingerprint density at radius 2 is 1.62 bits per heavy atom. The van der Waals surface area contributed by atoms with E-state index in [4.69, 9.17) is 4.74 Å². The van der Waals surface area contributed by atoms with E-state index in [2.05, 4.69) is 20.3 Å². The summed E-state index contributed by atoms with van der Waals surface area (Å²) in [6.07, 6.45) is 5.15. The monoisotopic (exact) mass is 447 g/mol. The lowest BCUT2D eigenvalue weighted by atomic mass is 10.0. The van der Waals surface area contributed by atoms with Gasteiger partial charge in [0.2, 0.25) is 5.88 Å². The number of anilines is 1. The highest BCUT2D eigenvalue weighted by molar-refractivity contribution is 6.04. The Morgan fingerprint density at radius 3 is 2.32 bits per heavy atom. The molecule has 0 spiro atoms. The Hall–Kier alpha value is -4.78. The van der Waals surface area contributed by atoms with Crippen molar-refractivity contribution in [3.63, 3.8) is 0 Å². The van der Waals surface area contributed by atoms with Gasteiger partial charge >= 0.3 is 0 Å². The van der Waals surface area contributed by atoms with Crippen LogP contribution in [0.4, 0.5) is 5.69 Å². The molecule has 0 aliphatic heterocycles. The SMILES string of the molecule is Cc1nc(Oc2ccc(NC(=O)c3ccc(-c4ccccc4)cc3)cc2)cc(-n2ccnc2)n1. The minimum atomic E-state index is -0.176. The predicted molar refractivity (Wildman–Crippen MR) is 130 cm³/mol. The standard InChI is InChI=1S/C27H21N5O2/c1-19-29-25(32-16-15-28-18-32)17-26(30-19)34-24-13-11-23(12-14-24)31-27(33)22-9-7-21(8-10-22)20-5-3-2-4-6-20/h2-18H,1H3,(H,31,33). The molecular weight excluding hydrogens is 426 g/mol. The predicted octanol–water partition coefficient (Wildman–Crippen LogP) is 5.68. The molecule has 0 aliphatic rings. The first-order valence-electron chi connectivity index (χ1n) is 10.7. The molecule has 0 unspecified atom stereocenters. The van der Waals surface area contributed by atoms with Crippen molar-refractivity contribution in [3.05, 3.63) is 115 Å². The minimum absolute atomic E-state index is 0.176. The number of aryl methyl sites for hydroxylation is 1. The summed E-state index contributed by atoms with van der Waals surface area (Å²) in [4.78, 5) is 25.4. The number of benzene rings is 3. The molecule has 0 fully saturated rings. The van der Waals surface area contributed by atoms with E-state index in [1.807, 2.05) is 54.6 Å². The fourth-order valence-corrected chi connectivity index (χ4v) is 3.48. The zero-order chi connectivity index (χ0) is 23.3. The lowest BCUT2D eigenvalue weighted by molar-refractivity contribution is 0.102. The van der Waals surface area contributed by atoms with E-state index in [0.29, 0.717) is 34.5 Å². The van der Waals surface area contributed by atoms with E-state index in [1.54, 1.807) is 60.5 Å². The molecule has 7 nitrogen and oxygen atoms in total. The van der Waals surface area contributed by atoms with Gasteiger partial charge < -0.3 is 10.1 Å². The summed E-state index contributed by atoms with van der Waals surface area (Å²) in [7, 11) is 0. The lowest BCUT2D eigenvalue weighted by Gasteiger charge is -2.10. The van der Waals surface area contributed by atoms with Crippen LogP contribution in [0.1, 0.15) is 16.2 Å². The van der Waals surface area contributed by atoms with Crippen molar-refractivity contribution in [3.8, 4) is 28.6 Å². The topological polar surface area (TPSA) is 81.9 Å². The van der Waals surface area contributed by atoms with Crippen molar-refractivity contribution in [2.45, 2.75) is 6.92 Å². The highest BCUT2D eigenvalue weighted by Gasteiger charge is 2.09. The Labute approximate surface area is 196 Å². The highest BCUT2D eigenvalue weighted by Crippen LogP contribution is 2.24. The molecule has 5 rings (SSSR count). The van der Waals surface area contributed by atoms with Gasteiger partial charge in [-0.15, -0.1) is 0 Å². The van der Waals surface area contributed by atoms with Crippen molar-refractivity contribution in [2.24, 2.45) is 0 Å². The molecule has 7 heteroatoms. The van der Waals surface area contributed by atoms with Crippen LogP contribution in [0.3, 0.4) is 0 Å². The summed E-state index contributed by atoms with van der Waals surface area (Å²) in [6, 6.07) is 26.5.